The predicted molar refractivity (Wildman–Crippen MR) is 88.1 cm³/mol. The van der Waals surface area contributed by atoms with Crippen molar-refractivity contribution in [3.05, 3.63) is 55.0 Å². The van der Waals surface area contributed by atoms with Crippen molar-refractivity contribution in [3.63, 3.8) is 0 Å². The summed E-state index contributed by atoms with van der Waals surface area (Å²) in [5, 5.41) is 4.58. The Balaban J connectivity index is 2.23. The molecule has 0 aliphatic rings. The number of pyridine rings is 1. The van der Waals surface area contributed by atoms with Gasteiger partial charge < -0.3 is 5.32 Å². The summed E-state index contributed by atoms with van der Waals surface area (Å²) in [5.41, 5.74) is 0.975. The lowest BCUT2D eigenvalue weighted by Crippen LogP contribution is -2.09. The van der Waals surface area contributed by atoms with Gasteiger partial charge in [0.2, 0.25) is 0 Å². The molecule has 1 aromatic carbocycles. The van der Waals surface area contributed by atoms with Gasteiger partial charge >= 0.3 is 0 Å². The van der Waals surface area contributed by atoms with Gasteiger partial charge in [0.1, 0.15) is 5.82 Å². The molecular formula is C13H10Br2Cl2N2. The molecule has 1 aromatic heterocycles. The largest absolute Gasteiger partial charge is 0.363 e. The lowest BCUT2D eigenvalue weighted by atomic mass is 10.1. The molecule has 1 heterocycles. The molecule has 0 radical (unpaired) electrons. The molecule has 0 bridgehead atoms. The van der Waals surface area contributed by atoms with Gasteiger partial charge in [0.05, 0.1) is 10.5 Å². The molecule has 1 unspecified atom stereocenters. The number of nitrogens with zero attached hydrogens (tertiary/aromatic N) is 1. The molecule has 19 heavy (non-hydrogen) atoms. The van der Waals surface area contributed by atoms with Crippen LogP contribution in [-0.2, 0) is 0 Å². The first-order chi connectivity index (χ1) is 8.97. The van der Waals surface area contributed by atoms with E-state index in [0.29, 0.717) is 10.0 Å². The van der Waals surface area contributed by atoms with Crippen LogP contribution in [0.15, 0.2) is 39.4 Å². The molecule has 2 rings (SSSR count). The van der Waals surface area contributed by atoms with Crippen molar-refractivity contribution in [1.82, 2.24) is 4.98 Å². The predicted octanol–water partition coefficient (Wildman–Crippen LogP) is 6.09. The lowest BCUT2D eigenvalue weighted by Gasteiger charge is -2.17. The van der Waals surface area contributed by atoms with E-state index in [-0.39, 0.29) is 6.04 Å². The number of aromatic nitrogens is 1. The molecule has 6 heteroatoms. The zero-order chi connectivity index (χ0) is 14.0. The molecule has 100 valence electrons. The first-order valence-electron chi connectivity index (χ1n) is 5.50. The van der Waals surface area contributed by atoms with Gasteiger partial charge in [0, 0.05) is 20.7 Å². The molecule has 2 aromatic rings. The highest BCUT2D eigenvalue weighted by Crippen LogP contribution is 2.30. The maximum atomic E-state index is 6.19. The Bertz CT molecular complexity index is 605. The summed E-state index contributed by atoms with van der Waals surface area (Å²) >= 11 is 18.9. The number of rotatable bonds is 3. The van der Waals surface area contributed by atoms with Crippen LogP contribution >= 0.6 is 55.1 Å². The maximum Gasteiger partial charge on any atom is 0.140 e. The van der Waals surface area contributed by atoms with Crippen molar-refractivity contribution in [2.24, 2.45) is 0 Å². The zero-order valence-electron chi connectivity index (χ0n) is 9.92. The molecule has 0 aliphatic carbocycles. The third kappa shape index (κ3) is 3.85. The van der Waals surface area contributed by atoms with Crippen molar-refractivity contribution in [1.29, 1.82) is 0 Å². The van der Waals surface area contributed by atoms with Crippen LogP contribution in [0.25, 0.3) is 0 Å². The van der Waals surface area contributed by atoms with E-state index in [1.165, 1.54) is 0 Å². The molecule has 0 saturated carbocycles. The fourth-order valence-electron chi connectivity index (χ4n) is 1.66. The summed E-state index contributed by atoms with van der Waals surface area (Å²) in [6.45, 7) is 2.02. The van der Waals surface area contributed by atoms with Gasteiger partial charge in [-0.15, -0.1) is 0 Å². The first kappa shape index (κ1) is 15.1. The summed E-state index contributed by atoms with van der Waals surface area (Å²) in [6, 6.07) is 7.43. The van der Waals surface area contributed by atoms with Crippen molar-refractivity contribution < 1.29 is 0 Å². The summed E-state index contributed by atoms with van der Waals surface area (Å²) in [5.74, 6) is 0.765. The third-order valence-corrected chi connectivity index (χ3v) is 4.19. The van der Waals surface area contributed by atoms with Gasteiger partial charge in [0.15, 0.2) is 0 Å². The van der Waals surface area contributed by atoms with Gasteiger partial charge in [-0.2, -0.15) is 0 Å². The van der Waals surface area contributed by atoms with Crippen LogP contribution in [0.2, 0.25) is 10.0 Å². The van der Waals surface area contributed by atoms with Crippen LogP contribution in [0.5, 0.6) is 0 Å². The highest BCUT2D eigenvalue weighted by molar-refractivity contribution is 9.11. The fourth-order valence-corrected chi connectivity index (χ4v) is 3.33. The number of nitrogens with one attached hydrogen (secondary N) is 1. The molecule has 0 spiro atoms. The van der Waals surface area contributed by atoms with Gasteiger partial charge in [-0.1, -0.05) is 29.3 Å². The van der Waals surface area contributed by atoms with E-state index in [0.717, 1.165) is 20.3 Å². The monoisotopic (exact) mass is 422 g/mol. The van der Waals surface area contributed by atoms with E-state index in [4.69, 9.17) is 23.2 Å². The number of hydrogen-bond donors (Lipinski definition) is 1. The summed E-state index contributed by atoms with van der Waals surface area (Å²) in [6.07, 6.45) is 1.74. The van der Waals surface area contributed by atoms with Crippen LogP contribution in [0.3, 0.4) is 0 Å². The zero-order valence-corrected chi connectivity index (χ0v) is 14.6. The average Bonchev–Trinajstić information content (AvgIpc) is 2.32. The quantitative estimate of drug-likeness (QED) is 0.645. The number of halogens is 4. The van der Waals surface area contributed by atoms with E-state index in [2.05, 4.69) is 42.2 Å². The van der Waals surface area contributed by atoms with Gasteiger partial charge in [-0.05, 0) is 62.5 Å². The Morgan fingerprint density at radius 1 is 1.21 bits per heavy atom. The fraction of sp³-hybridized carbons (Fsp3) is 0.154. The van der Waals surface area contributed by atoms with Crippen molar-refractivity contribution in [2.45, 2.75) is 13.0 Å². The van der Waals surface area contributed by atoms with E-state index in [9.17, 15) is 0 Å². The van der Waals surface area contributed by atoms with Crippen LogP contribution in [0.4, 0.5) is 5.82 Å². The second kappa shape index (κ2) is 6.44. The van der Waals surface area contributed by atoms with E-state index < -0.39 is 0 Å². The summed E-state index contributed by atoms with van der Waals surface area (Å²) in [7, 11) is 0. The van der Waals surface area contributed by atoms with E-state index in [1.54, 1.807) is 12.3 Å². The summed E-state index contributed by atoms with van der Waals surface area (Å²) in [4.78, 5) is 4.32. The van der Waals surface area contributed by atoms with Gasteiger partial charge in [0.25, 0.3) is 0 Å². The Morgan fingerprint density at radius 2 is 1.95 bits per heavy atom. The molecule has 0 amide bonds. The number of hydrogen-bond acceptors (Lipinski definition) is 2. The maximum absolute atomic E-state index is 6.19. The van der Waals surface area contributed by atoms with Crippen molar-refractivity contribution in [2.75, 3.05) is 5.32 Å². The smallest absolute Gasteiger partial charge is 0.140 e. The van der Waals surface area contributed by atoms with Gasteiger partial charge in [-0.25, -0.2) is 4.98 Å². The van der Waals surface area contributed by atoms with Crippen molar-refractivity contribution >= 4 is 60.9 Å². The van der Waals surface area contributed by atoms with Crippen LogP contribution in [-0.4, -0.2) is 4.98 Å². The molecule has 0 saturated heterocycles. The molecule has 1 N–H and O–H groups in total. The lowest BCUT2D eigenvalue weighted by molar-refractivity contribution is 0.873. The first-order valence-corrected chi connectivity index (χ1v) is 7.84. The van der Waals surface area contributed by atoms with E-state index in [1.807, 2.05) is 25.1 Å². The average molecular weight is 425 g/mol. The number of anilines is 1. The van der Waals surface area contributed by atoms with Crippen LogP contribution < -0.4 is 5.32 Å². The highest BCUT2D eigenvalue weighted by Gasteiger charge is 2.12. The summed E-state index contributed by atoms with van der Waals surface area (Å²) < 4.78 is 1.81. The standard InChI is InChI=1S/C13H10Br2Cl2N2/c1-7(10-3-2-9(16)5-12(10)17)19-13-11(15)4-8(14)6-18-13/h2-7H,1H3,(H,18,19). The minimum atomic E-state index is 0.0229. The van der Waals surface area contributed by atoms with E-state index >= 15 is 0 Å². The van der Waals surface area contributed by atoms with Crippen LogP contribution in [0.1, 0.15) is 18.5 Å². The third-order valence-electron chi connectivity index (χ3n) is 2.59. The normalized spacial score (nSPS) is 12.3. The number of benzene rings is 1. The van der Waals surface area contributed by atoms with Crippen LogP contribution in [0, 0.1) is 0 Å². The molecule has 0 aliphatic heterocycles. The van der Waals surface area contributed by atoms with Gasteiger partial charge in [-0.3, -0.25) is 0 Å². The highest BCUT2D eigenvalue weighted by atomic mass is 79.9. The SMILES string of the molecule is CC(Nc1ncc(Br)cc1Br)c1ccc(Cl)cc1Cl. The Hall–Kier alpha value is -0.290. The second-order valence-electron chi connectivity index (χ2n) is 4.02. The topological polar surface area (TPSA) is 24.9 Å². The minimum absolute atomic E-state index is 0.0229. The molecule has 2 nitrogen and oxygen atoms in total. The molecule has 1 atom stereocenters. The molecular weight excluding hydrogens is 415 g/mol. The minimum Gasteiger partial charge on any atom is -0.363 e. The second-order valence-corrected chi connectivity index (χ2v) is 6.63. The molecule has 0 fully saturated rings. The Labute approximate surface area is 138 Å². The van der Waals surface area contributed by atoms with Crippen molar-refractivity contribution in [3.8, 4) is 0 Å². The Kier molecular flexibility index (Phi) is 5.12. The Morgan fingerprint density at radius 3 is 2.58 bits per heavy atom.